The number of benzene rings is 2. The number of nitrogens with one attached hydrogen (secondary N) is 1. The smallest absolute Gasteiger partial charge is 0.337 e. The first kappa shape index (κ1) is 19.9. The zero-order valence-corrected chi connectivity index (χ0v) is 16.1. The average molecular weight is 402 g/mol. The highest BCUT2D eigenvalue weighted by Crippen LogP contribution is 2.45. The number of hydrogen-bond acceptors (Lipinski definition) is 5. The highest BCUT2D eigenvalue weighted by atomic mass is 35.5. The fourth-order valence-corrected chi connectivity index (χ4v) is 3.34. The van der Waals surface area contributed by atoms with Gasteiger partial charge in [0.15, 0.2) is 6.61 Å². The van der Waals surface area contributed by atoms with E-state index >= 15 is 0 Å². The summed E-state index contributed by atoms with van der Waals surface area (Å²) in [5.74, 6) is -1.40. The van der Waals surface area contributed by atoms with Gasteiger partial charge in [0.2, 0.25) is 0 Å². The Morgan fingerprint density at radius 2 is 1.82 bits per heavy atom. The average Bonchev–Trinajstić information content (AvgIpc) is 2.66. The fraction of sp³-hybridized carbons (Fsp3) is 0.286. The number of hydrogen-bond donors (Lipinski definition) is 1. The van der Waals surface area contributed by atoms with Gasteiger partial charge in [-0.15, -0.1) is 0 Å². The summed E-state index contributed by atoms with van der Waals surface area (Å²) < 4.78 is 9.94. The van der Waals surface area contributed by atoms with Crippen molar-refractivity contribution in [1.82, 2.24) is 0 Å². The number of carbonyl (C=O) groups is 3. The third-order valence-corrected chi connectivity index (χ3v) is 5.15. The molecule has 6 nitrogen and oxygen atoms in total. The maximum absolute atomic E-state index is 12.7. The lowest BCUT2D eigenvalue weighted by Gasteiger charge is -2.39. The van der Waals surface area contributed by atoms with E-state index in [0.29, 0.717) is 29.1 Å². The normalized spacial score (nSPS) is 14.5. The molecule has 0 radical (unpaired) electrons. The van der Waals surface area contributed by atoms with Crippen LogP contribution in [0.4, 0.5) is 5.69 Å². The lowest BCUT2D eigenvalue weighted by atomic mass is 9.64. The Kier molecular flexibility index (Phi) is 5.99. The lowest BCUT2D eigenvalue weighted by molar-refractivity contribution is -0.156. The van der Waals surface area contributed by atoms with E-state index in [1.165, 1.54) is 13.2 Å². The Balaban J connectivity index is 1.60. The van der Waals surface area contributed by atoms with Gasteiger partial charge in [0, 0.05) is 10.7 Å². The second-order valence-corrected chi connectivity index (χ2v) is 7.08. The third kappa shape index (κ3) is 4.17. The molecule has 1 aliphatic carbocycles. The minimum absolute atomic E-state index is 0.313. The van der Waals surface area contributed by atoms with E-state index in [2.05, 4.69) is 10.1 Å². The van der Waals surface area contributed by atoms with E-state index in [1.54, 1.807) is 30.3 Å². The Morgan fingerprint density at radius 3 is 2.43 bits per heavy atom. The number of rotatable bonds is 6. The van der Waals surface area contributed by atoms with Crippen LogP contribution in [-0.4, -0.2) is 31.6 Å². The molecule has 1 fully saturated rings. The van der Waals surface area contributed by atoms with E-state index in [0.717, 1.165) is 12.0 Å². The van der Waals surface area contributed by atoms with Crippen LogP contribution >= 0.6 is 11.6 Å². The molecule has 0 unspecified atom stereocenters. The van der Waals surface area contributed by atoms with Crippen molar-refractivity contribution < 1.29 is 23.9 Å². The van der Waals surface area contributed by atoms with Crippen LogP contribution in [0.1, 0.15) is 35.2 Å². The summed E-state index contributed by atoms with van der Waals surface area (Å²) in [7, 11) is 1.28. The molecule has 28 heavy (non-hydrogen) atoms. The van der Waals surface area contributed by atoms with Gasteiger partial charge in [-0.05, 0) is 48.7 Å². The summed E-state index contributed by atoms with van der Waals surface area (Å²) >= 11 is 5.92. The predicted molar refractivity (Wildman–Crippen MR) is 104 cm³/mol. The highest BCUT2D eigenvalue weighted by molar-refractivity contribution is 6.30. The van der Waals surface area contributed by atoms with Gasteiger partial charge in [-0.1, -0.05) is 36.2 Å². The molecule has 0 aromatic heterocycles. The molecule has 0 atom stereocenters. The maximum atomic E-state index is 12.7. The van der Waals surface area contributed by atoms with Crippen molar-refractivity contribution >= 4 is 35.1 Å². The topological polar surface area (TPSA) is 81.7 Å². The maximum Gasteiger partial charge on any atom is 0.337 e. The Bertz CT molecular complexity index is 890. The SMILES string of the molecule is COC(=O)c1cccc(NC(=O)COC(=O)C2(c3ccc(Cl)cc3)CCC2)c1. The molecule has 0 bridgehead atoms. The number of anilines is 1. The van der Waals surface area contributed by atoms with Gasteiger partial charge in [0.05, 0.1) is 18.1 Å². The van der Waals surface area contributed by atoms with Crippen LogP contribution in [0.25, 0.3) is 0 Å². The van der Waals surface area contributed by atoms with Crippen LogP contribution in [0.5, 0.6) is 0 Å². The number of halogens is 1. The molecule has 0 saturated heterocycles. The van der Waals surface area contributed by atoms with Crippen molar-refractivity contribution in [1.29, 1.82) is 0 Å². The number of ether oxygens (including phenoxy) is 2. The van der Waals surface area contributed by atoms with Crippen molar-refractivity contribution in [2.75, 3.05) is 19.0 Å². The summed E-state index contributed by atoms with van der Waals surface area (Å²) in [5, 5.41) is 3.21. The molecule has 1 amide bonds. The van der Waals surface area contributed by atoms with Gasteiger partial charge < -0.3 is 14.8 Å². The molecular weight excluding hydrogens is 382 g/mol. The first-order valence-electron chi connectivity index (χ1n) is 8.86. The van der Waals surface area contributed by atoms with Crippen molar-refractivity contribution in [3.8, 4) is 0 Å². The third-order valence-electron chi connectivity index (χ3n) is 4.90. The minimum Gasteiger partial charge on any atom is -0.465 e. The van der Waals surface area contributed by atoms with Crippen molar-refractivity contribution in [2.24, 2.45) is 0 Å². The Morgan fingerprint density at radius 1 is 1.11 bits per heavy atom. The Hall–Kier alpha value is -2.86. The van der Waals surface area contributed by atoms with Crippen LogP contribution in [0.3, 0.4) is 0 Å². The number of esters is 2. The molecule has 3 rings (SSSR count). The molecule has 0 spiro atoms. The number of methoxy groups -OCH3 is 1. The van der Waals surface area contributed by atoms with Crippen molar-refractivity contribution in [3.05, 3.63) is 64.7 Å². The number of carbonyl (C=O) groups excluding carboxylic acids is 3. The van der Waals surface area contributed by atoms with Crippen molar-refractivity contribution in [2.45, 2.75) is 24.7 Å². The van der Waals surface area contributed by atoms with E-state index in [-0.39, 0.29) is 0 Å². The van der Waals surface area contributed by atoms with Crippen LogP contribution in [0.15, 0.2) is 48.5 Å². The Labute approximate surface area is 167 Å². The molecule has 1 saturated carbocycles. The van der Waals surface area contributed by atoms with Gasteiger partial charge in [0.25, 0.3) is 5.91 Å². The second-order valence-electron chi connectivity index (χ2n) is 6.64. The summed E-state index contributed by atoms with van der Waals surface area (Å²) in [4.78, 5) is 36.4. The summed E-state index contributed by atoms with van der Waals surface area (Å²) in [6.45, 7) is -0.406. The van der Waals surface area contributed by atoms with Gasteiger partial charge in [-0.2, -0.15) is 0 Å². The van der Waals surface area contributed by atoms with E-state index in [9.17, 15) is 14.4 Å². The zero-order chi connectivity index (χ0) is 20.1. The fourth-order valence-electron chi connectivity index (χ4n) is 3.22. The van der Waals surface area contributed by atoms with Crippen LogP contribution in [-0.2, 0) is 24.5 Å². The first-order valence-corrected chi connectivity index (χ1v) is 9.24. The molecule has 2 aromatic rings. The minimum atomic E-state index is -0.713. The highest BCUT2D eigenvalue weighted by Gasteiger charge is 2.47. The lowest BCUT2D eigenvalue weighted by Crippen LogP contribution is -2.44. The zero-order valence-electron chi connectivity index (χ0n) is 15.4. The van der Waals surface area contributed by atoms with Crippen LogP contribution in [0, 0.1) is 0 Å². The van der Waals surface area contributed by atoms with Gasteiger partial charge >= 0.3 is 11.9 Å². The van der Waals surface area contributed by atoms with Crippen molar-refractivity contribution in [3.63, 3.8) is 0 Å². The molecule has 1 N–H and O–H groups in total. The first-order chi connectivity index (χ1) is 13.4. The largest absolute Gasteiger partial charge is 0.465 e. The van der Waals surface area contributed by atoms with Gasteiger partial charge in [0.1, 0.15) is 0 Å². The molecule has 146 valence electrons. The van der Waals surface area contributed by atoms with Gasteiger partial charge in [-0.3, -0.25) is 9.59 Å². The second kappa shape index (κ2) is 8.44. The standard InChI is InChI=1S/C21H20ClNO5/c1-27-19(25)14-4-2-5-17(12-14)23-18(24)13-28-20(26)21(10-3-11-21)15-6-8-16(22)9-7-15/h2,4-9,12H,3,10-11,13H2,1H3,(H,23,24). The molecule has 2 aromatic carbocycles. The molecule has 1 aliphatic rings. The molecule has 0 heterocycles. The molecular formula is C21H20ClNO5. The molecule has 0 aliphatic heterocycles. The van der Waals surface area contributed by atoms with Crippen LogP contribution < -0.4 is 5.32 Å². The predicted octanol–water partition coefficient (Wildman–Crippen LogP) is 3.73. The van der Waals surface area contributed by atoms with E-state index in [4.69, 9.17) is 16.3 Å². The quantitative estimate of drug-likeness (QED) is 0.746. The summed E-state index contributed by atoms with van der Waals surface area (Å²) in [5.41, 5.74) is 0.864. The summed E-state index contributed by atoms with van der Waals surface area (Å²) in [6, 6.07) is 13.4. The number of amides is 1. The van der Waals surface area contributed by atoms with E-state index < -0.39 is 29.9 Å². The van der Waals surface area contributed by atoms with Crippen LogP contribution in [0.2, 0.25) is 5.02 Å². The van der Waals surface area contributed by atoms with Gasteiger partial charge in [-0.25, -0.2) is 4.79 Å². The van der Waals surface area contributed by atoms with E-state index in [1.807, 2.05) is 12.1 Å². The molecule has 7 heteroatoms. The monoisotopic (exact) mass is 401 g/mol. The summed E-state index contributed by atoms with van der Waals surface area (Å²) in [6.07, 6.45) is 2.27.